The molecule has 1 amide bonds. The Kier molecular flexibility index (Phi) is 6.58. The van der Waals surface area contributed by atoms with Gasteiger partial charge in [-0.25, -0.2) is 13.2 Å². The minimum Gasteiger partial charge on any atom is -0.462 e. The van der Waals surface area contributed by atoms with E-state index in [1.807, 2.05) is 0 Å². The van der Waals surface area contributed by atoms with Crippen molar-refractivity contribution >= 4 is 27.6 Å². The quantitative estimate of drug-likeness (QED) is 0.708. The lowest BCUT2D eigenvalue weighted by Crippen LogP contribution is -2.28. The number of anilines is 1. The van der Waals surface area contributed by atoms with Crippen molar-refractivity contribution in [2.75, 3.05) is 25.0 Å². The molecular weight excluding hydrogens is 404 g/mol. The Morgan fingerprint density at radius 2 is 1.80 bits per heavy atom. The Hall–Kier alpha value is -2.71. The predicted octanol–water partition coefficient (Wildman–Crippen LogP) is 3.52. The maximum absolute atomic E-state index is 13.0. The molecule has 3 rings (SSSR count). The van der Waals surface area contributed by atoms with Gasteiger partial charge in [0, 0.05) is 24.3 Å². The summed E-state index contributed by atoms with van der Waals surface area (Å²) in [7, 11) is -3.64. The first-order chi connectivity index (χ1) is 14.3. The molecule has 0 aromatic heterocycles. The predicted molar refractivity (Wildman–Crippen MR) is 114 cm³/mol. The Bertz CT molecular complexity index is 1070. The van der Waals surface area contributed by atoms with Crippen LogP contribution in [0.5, 0.6) is 0 Å². The van der Waals surface area contributed by atoms with Crippen LogP contribution >= 0.6 is 0 Å². The summed E-state index contributed by atoms with van der Waals surface area (Å²) < 4.78 is 32.4. The molecule has 1 fully saturated rings. The van der Waals surface area contributed by atoms with E-state index in [4.69, 9.17) is 4.74 Å². The van der Waals surface area contributed by atoms with E-state index in [-0.39, 0.29) is 17.1 Å². The van der Waals surface area contributed by atoms with E-state index >= 15 is 0 Å². The van der Waals surface area contributed by atoms with E-state index in [1.165, 1.54) is 10.4 Å². The molecule has 0 aliphatic carbocycles. The third-order valence-corrected chi connectivity index (χ3v) is 7.25. The van der Waals surface area contributed by atoms with E-state index in [0.29, 0.717) is 35.5 Å². The Morgan fingerprint density at radius 1 is 1.10 bits per heavy atom. The number of rotatable bonds is 6. The summed E-state index contributed by atoms with van der Waals surface area (Å²) >= 11 is 0. The highest BCUT2D eigenvalue weighted by Gasteiger charge is 2.29. The van der Waals surface area contributed by atoms with Crippen molar-refractivity contribution in [2.45, 2.75) is 38.5 Å². The maximum atomic E-state index is 13.0. The zero-order chi connectivity index (χ0) is 21.9. The fourth-order valence-electron chi connectivity index (χ4n) is 3.48. The summed E-state index contributed by atoms with van der Waals surface area (Å²) in [5.74, 6) is -0.905. The summed E-state index contributed by atoms with van der Waals surface area (Å²) in [5.41, 5.74) is 2.26. The number of aryl methyl sites for hydroxylation is 1. The first kappa shape index (κ1) is 22.0. The fourth-order valence-corrected chi connectivity index (χ4v) is 5.25. The lowest BCUT2D eigenvalue weighted by atomic mass is 10.1. The molecule has 1 heterocycles. The molecule has 0 saturated carbocycles. The lowest BCUT2D eigenvalue weighted by molar-refractivity contribution is 0.0525. The minimum absolute atomic E-state index is 0.147. The van der Waals surface area contributed by atoms with Crippen molar-refractivity contribution in [1.29, 1.82) is 0 Å². The van der Waals surface area contributed by atoms with Crippen LogP contribution in [0.4, 0.5) is 5.69 Å². The van der Waals surface area contributed by atoms with Gasteiger partial charge in [-0.1, -0.05) is 12.1 Å². The molecule has 8 heteroatoms. The average molecular weight is 431 g/mol. The summed E-state index contributed by atoms with van der Waals surface area (Å²) in [6.07, 6.45) is 1.68. The second-order valence-electron chi connectivity index (χ2n) is 7.24. The number of hydrogen-bond acceptors (Lipinski definition) is 5. The molecule has 1 N–H and O–H groups in total. The molecule has 30 heavy (non-hydrogen) atoms. The Balaban J connectivity index is 1.88. The number of esters is 1. The van der Waals surface area contributed by atoms with Gasteiger partial charge >= 0.3 is 5.97 Å². The van der Waals surface area contributed by atoms with Gasteiger partial charge in [-0.05, 0) is 69.0 Å². The highest BCUT2D eigenvalue weighted by molar-refractivity contribution is 7.89. The Labute approximate surface area is 177 Å². The van der Waals surface area contributed by atoms with Crippen molar-refractivity contribution in [3.63, 3.8) is 0 Å². The SMILES string of the molecule is CCOC(=O)c1cccc(NC(=O)c2ccc(C)c(S(=O)(=O)N3CCCC3)c2)c1C. The Morgan fingerprint density at radius 3 is 2.47 bits per heavy atom. The van der Waals surface area contributed by atoms with Crippen LogP contribution in [0.2, 0.25) is 0 Å². The van der Waals surface area contributed by atoms with E-state index in [9.17, 15) is 18.0 Å². The fraction of sp³-hybridized carbons (Fsp3) is 0.364. The molecule has 7 nitrogen and oxygen atoms in total. The summed E-state index contributed by atoms with van der Waals surface area (Å²) in [6, 6.07) is 9.63. The number of nitrogens with one attached hydrogen (secondary N) is 1. The molecule has 2 aromatic carbocycles. The van der Waals surface area contributed by atoms with Crippen LogP contribution in [0.1, 0.15) is 51.6 Å². The van der Waals surface area contributed by atoms with Gasteiger partial charge in [0.25, 0.3) is 5.91 Å². The van der Waals surface area contributed by atoms with Crippen molar-refractivity contribution in [3.05, 3.63) is 58.7 Å². The lowest BCUT2D eigenvalue weighted by Gasteiger charge is -2.18. The minimum atomic E-state index is -3.64. The van der Waals surface area contributed by atoms with E-state index in [2.05, 4.69) is 5.32 Å². The van der Waals surface area contributed by atoms with E-state index in [1.54, 1.807) is 51.1 Å². The van der Waals surface area contributed by atoms with Crippen LogP contribution in [-0.2, 0) is 14.8 Å². The second-order valence-corrected chi connectivity index (χ2v) is 9.15. The number of amides is 1. The third-order valence-electron chi connectivity index (χ3n) is 5.21. The molecule has 0 unspecified atom stereocenters. The molecule has 1 saturated heterocycles. The van der Waals surface area contributed by atoms with Gasteiger partial charge in [0.2, 0.25) is 10.0 Å². The topological polar surface area (TPSA) is 92.8 Å². The van der Waals surface area contributed by atoms with Gasteiger partial charge in [0.05, 0.1) is 17.1 Å². The second kappa shape index (κ2) is 8.97. The number of carbonyl (C=O) groups is 2. The van der Waals surface area contributed by atoms with Crippen molar-refractivity contribution < 1.29 is 22.7 Å². The average Bonchev–Trinajstić information content (AvgIpc) is 3.25. The van der Waals surface area contributed by atoms with Crippen LogP contribution in [0.15, 0.2) is 41.3 Å². The van der Waals surface area contributed by atoms with Crippen molar-refractivity contribution in [3.8, 4) is 0 Å². The van der Waals surface area contributed by atoms with Gasteiger partial charge in [0.15, 0.2) is 0 Å². The van der Waals surface area contributed by atoms with Crippen LogP contribution in [-0.4, -0.2) is 44.3 Å². The molecule has 0 radical (unpaired) electrons. The number of ether oxygens (including phenoxy) is 1. The zero-order valence-corrected chi connectivity index (χ0v) is 18.2. The number of carbonyl (C=O) groups excluding carboxylic acids is 2. The molecule has 2 aromatic rings. The number of hydrogen-bond donors (Lipinski definition) is 1. The van der Waals surface area contributed by atoms with Crippen molar-refractivity contribution in [1.82, 2.24) is 4.31 Å². The largest absolute Gasteiger partial charge is 0.462 e. The highest BCUT2D eigenvalue weighted by atomic mass is 32.2. The van der Waals surface area contributed by atoms with Crippen LogP contribution < -0.4 is 5.32 Å². The number of benzene rings is 2. The van der Waals surface area contributed by atoms with Crippen molar-refractivity contribution in [2.24, 2.45) is 0 Å². The third kappa shape index (κ3) is 4.39. The summed E-state index contributed by atoms with van der Waals surface area (Å²) in [5, 5.41) is 2.78. The van der Waals surface area contributed by atoms with Crippen LogP contribution in [0.25, 0.3) is 0 Å². The number of sulfonamides is 1. The van der Waals surface area contributed by atoms with Gasteiger partial charge < -0.3 is 10.1 Å². The highest BCUT2D eigenvalue weighted by Crippen LogP contribution is 2.26. The smallest absolute Gasteiger partial charge is 0.338 e. The summed E-state index contributed by atoms with van der Waals surface area (Å²) in [6.45, 7) is 6.42. The normalized spacial score (nSPS) is 14.5. The van der Waals surface area contributed by atoms with Crippen LogP contribution in [0, 0.1) is 13.8 Å². The molecule has 1 aliphatic heterocycles. The monoisotopic (exact) mass is 430 g/mol. The van der Waals surface area contributed by atoms with Gasteiger partial charge in [-0.15, -0.1) is 0 Å². The molecule has 1 aliphatic rings. The van der Waals surface area contributed by atoms with Gasteiger partial charge in [-0.2, -0.15) is 4.31 Å². The van der Waals surface area contributed by atoms with Gasteiger partial charge in [0.1, 0.15) is 0 Å². The van der Waals surface area contributed by atoms with Gasteiger partial charge in [-0.3, -0.25) is 4.79 Å². The van der Waals surface area contributed by atoms with Crippen LogP contribution in [0.3, 0.4) is 0 Å². The standard InChI is InChI=1S/C22H26N2O5S/c1-4-29-22(26)18-8-7-9-19(16(18)3)23-21(25)17-11-10-15(2)20(14-17)30(27,28)24-12-5-6-13-24/h7-11,14H,4-6,12-13H2,1-3H3,(H,23,25). The molecule has 0 spiro atoms. The number of nitrogens with zero attached hydrogens (tertiary/aromatic N) is 1. The molecule has 160 valence electrons. The van der Waals surface area contributed by atoms with E-state index < -0.39 is 21.9 Å². The molecular formula is C22H26N2O5S. The molecule has 0 bridgehead atoms. The maximum Gasteiger partial charge on any atom is 0.338 e. The summed E-state index contributed by atoms with van der Waals surface area (Å²) in [4.78, 5) is 25.1. The first-order valence-corrected chi connectivity index (χ1v) is 11.4. The van der Waals surface area contributed by atoms with E-state index in [0.717, 1.165) is 12.8 Å². The first-order valence-electron chi connectivity index (χ1n) is 9.94. The zero-order valence-electron chi connectivity index (χ0n) is 17.4. The molecule has 0 atom stereocenters.